The summed E-state index contributed by atoms with van der Waals surface area (Å²) in [7, 11) is 5.63. The van der Waals surface area contributed by atoms with Crippen LogP contribution in [0.3, 0.4) is 0 Å². The van der Waals surface area contributed by atoms with Gasteiger partial charge in [-0.3, -0.25) is 4.79 Å². The standard InChI is InChI=1S/C20H24N2O2/c1-15-5-11-19(24-4)17(13-15)8-12-20(23)21-14-16-6-9-18(10-7-16)22(2)3/h5-13H,14H2,1-4H3,(H,21,23)/b12-8+. The van der Waals surface area contributed by atoms with Crippen LogP contribution in [0.4, 0.5) is 5.69 Å². The zero-order valence-electron chi connectivity index (χ0n) is 14.7. The molecule has 0 bridgehead atoms. The number of nitrogens with one attached hydrogen (secondary N) is 1. The Hall–Kier alpha value is -2.75. The Morgan fingerprint density at radius 2 is 1.88 bits per heavy atom. The molecule has 0 spiro atoms. The third-order valence-corrected chi connectivity index (χ3v) is 3.72. The van der Waals surface area contributed by atoms with Crippen LogP contribution in [0.25, 0.3) is 6.08 Å². The fourth-order valence-electron chi connectivity index (χ4n) is 2.31. The summed E-state index contributed by atoms with van der Waals surface area (Å²) in [6.45, 7) is 2.51. The van der Waals surface area contributed by atoms with Crippen molar-refractivity contribution in [3.8, 4) is 5.75 Å². The van der Waals surface area contributed by atoms with Crippen molar-refractivity contribution in [1.82, 2.24) is 5.32 Å². The highest BCUT2D eigenvalue weighted by molar-refractivity contribution is 5.92. The molecular weight excluding hydrogens is 300 g/mol. The first-order valence-electron chi connectivity index (χ1n) is 7.86. The first kappa shape index (κ1) is 17.6. The number of carbonyl (C=O) groups is 1. The van der Waals surface area contributed by atoms with Crippen LogP contribution in [-0.4, -0.2) is 27.1 Å². The van der Waals surface area contributed by atoms with Gasteiger partial charge in [-0.05, 0) is 42.8 Å². The molecule has 126 valence electrons. The number of anilines is 1. The molecule has 0 saturated carbocycles. The van der Waals surface area contributed by atoms with Gasteiger partial charge >= 0.3 is 0 Å². The van der Waals surface area contributed by atoms with E-state index in [1.165, 1.54) is 6.08 Å². The van der Waals surface area contributed by atoms with Crippen LogP contribution in [0.1, 0.15) is 16.7 Å². The summed E-state index contributed by atoms with van der Waals surface area (Å²) in [5.74, 6) is 0.624. The van der Waals surface area contributed by atoms with Crippen LogP contribution >= 0.6 is 0 Å². The lowest BCUT2D eigenvalue weighted by Gasteiger charge is -2.12. The molecule has 1 N–H and O–H groups in total. The summed E-state index contributed by atoms with van der Waals surface area (Å²) in [5, 5.41) is 2.89. The lowest BCUT2D eigenvalue weighted by molar-refractivity contribution is -0.116. The number of benzene rings is 2. The van der Waals surface area contributed by atoms with Crippen molar-refractivity contribution in [1.29, 1.82) is 0 Å². The second kappa shape index (κ2) is 8.20. The van der Waals surface area contributed by atoms with Gasteiger partial charge in [0, 0.05) is 38.0 Å². The molecule has 0 aliphatic rings. The number of nitrogens with zero attached hydrogens (tertiary/aromatic N) is 1. The molecule has 0 radical (unpaired) electrons. The van der Waals surface area contributed by atoms with Gasteiger partial charge in [-0.2, -0.15) is 0 Å². The third kappa shape index (κ3) is 4.88. The fraction of sp³-hybridized carbons (Fsp3) is 0.250. The molecule has 0 atom stereocenters. The highest BCUT2D eigenvalue weighted by atomic mass is 16.5. The monoisotopic (exact) mass is 324 g/mol. The Morgan fingerprint density at radius 3 is 2.50 bits per heavy atom. The second-order valence-corrected chi connectivity index (χ2v) is 5.86. The van der Waals surface area contributed by atoms with Crippen molar-refractivity contribution in [2.45, 2.75) is 13.5 Å². The van der Waals surface area contributed by atoms with Crippen molar-refractivity contribution < 1.29 is 9.53 Å². The molecule has 1 amide bonds. The summed E-state index contributed by atoms with van der Waals surface area (Å²) in [4.78, 5) is 14.0. The summed E-state index contributed by atoms with van der Waals surface area (Å²) in [5.41, 5.74) is 4.21. The van der Waals surface area contributed by atoms with E-state index in [0.717, 1.165) is 28.1 Å². The Morgan fingerprint density at radius 1 is 1.17 bits per heavy atom. The highest BCUT2D eigenvalue weighted by Gasteiger charge is 2.02. The first-order valence-corrected chi connectivity index (χ1v) is 7.86. The molecule has 0 heterocycles. The molecule has 4 nitrogen and oxygen atoms in total. The summed E-state index contributed by atoms with van der Waals surface area (Å²) < 4.78 is 5.31. The average Bonchev–Trinajstić information content (AvgIpc) is 2.58. The van der Waals surface area contributed by atoms with Crippen LogP contribution in [0.5, 0.6) is 5.75 Å². The highest BCUT2D eigenvalue weighted by Crippen LogP contribution is 2.20. The van der Waals surface area contributed by atoms with E-state index in [9.17, 15) is 4.79 Å². The van der Waals surface area contributed by atoms with Crippen molar-refractivity contribution in [3.63, 3.8) is 0 Å². The van der Waals surface area contributed by atoms with E-state index in [1.54, 1.807) is 13.2 Å². The largest absolute Gasteiger partial charge is 0.496 e. The Balaban J connectivity index is 1.94. The first-order chi connectivity index (χ1) is 11.5. The van der Waals surface area contributed by atoms with E-state index in [2.05, 4.69) is 5.32 Å². The van der Waals surface area contributed by atoms with E-state index in [-0.39, 0.29) is 5.91 Å². The number of rotatable bonds is 6. The minimum atomic E-state index is -0.129. The fourth-order valence-corrected chi connectivity index (χ4v) is 2.31. The van der Waals surface area contributed by atoms with Gasteiger partial charge in [0.15, 0.2) is 0 Å². The van der Waals surface area contributed by atoms with Crippen molar-refractivity contribution in [2.75, 3.05) is 26.1 Å². The molecule has 4 heteroatoms. The molecule has 0 aliphatic heterocycles. The van der Waals surface area contributed by atoms with Gasteiger partial charge in [0.1, 0.15) is 5.75 Å². The molecule has 0 fully saturated rings. The second-order valence-electron chi connectivity index (χ2n) is 5.86. The summed E-state index contributed by atoms with van der Waals surface area (Å²) in [6.07, 6.45) is 3.31. The van der Waals surface area contributed by atoms with Gasteiger partial charge in [0.25, 0.3) is 0 Å². The van der Waals surface area contributed by atoms with Crippen LogP contribution in [0.15, 0.2) is 48.5 Å². The summed E-state index contributed by atoms with van der Waals surface area (Å²) >= 11 is 0. The van der Waals surface area contributed by atoms with E-state index < -0.39 is 0 Å². The molecule has 0 aliphatic carbocycles. The lowest BCUT2D eigenvalue weighted by atomic mass is 10.1. The van der Waals surface area contributed by atoms with E-state index in [0.29, 0.717) is 6.54 Å². The number of carbonyl (C=O) groups excluding carboxylic acids is 1. The zero-order chi connectivity index (χ0) is 17.5. The average molecular weight is 324 g/mol. The van der Waals surface area contributed by atoms with Crippen molar-refractivity contribution in [2.24, 2.45) is 0 Å². The number of amides is 1. The lowest BCUT2D eigenvalue weighted by Crippen LogP contribution is -2.20. The molecule has 2 rings (SSSR count). The van der Waals surface area contributed by atoms with Crippen LogP contribution < -0.4 is 15.0 Å². The van der Waals surface area contributed by atoms with E-state index in [4.69, 9.17) is 4.74 Å². The molecular formula is C20H24N2O2. The van der Waals surface area contributed by atoms with Crippen molar-refractivity contribution >= 4 is 17.7 Å². The Kier molecular flexibility index (Phi) is 6.01. The zero-order valence-corrected chi connectivity index (χ0v) is 14.7. The minimum Gasteiger partial charge on any atom is -0.496 e. The van der Waals surface area contributed by atoms with Gasteiger partial charge in [-0.1, -0.05) is 23.8 Å². The van der Waals surface area contributed by atoms with Crippen LogP contribution in [0.2, 0.25) is 0 Å². The van der Waals surface area contributed by atoms with E-state index in [1.807, 2.05) is 68.4 Å². The van der Waals surface area contributed by atoms with Crippen LogP contribution in [0, 0.1) is 6.92 Å². The van der Waals surface area contributed by atoms with Crippen LogP contribution in [-0.2, 0) is 11.3 Å². The number of ether oxygens (including phenoxy) is 1. The van der Waals surface area contributed by atoms with Gasteiger partial charge in [0.2, 0.25) is 5.91 Å². The maximum absolute atomic E-state index is 12.0. The van der Waals surface area contributed by atoms with Gasteiger partial charge in [-0.25, -0.2) is 0 Å². The predicted molar refractivity (Wildman–Crippen MR) is 99.4 cm³/mol. The van der Waals surface area contributed by atoms with Gasteiger partial charge in [-0.15, -0.1) is 0 Å². The Bertz CT molecular complexity index is 719. The molecule has 2 aromatic carbocycles. The van der Waals surface area contributed by atoms with Gasteiger partial charge in [0.05, 0.1) is 7.11 Å². The number of methoxy groups -OCH3 is 1. The topological polar surface area (TPSA) is 41.6 Å². The molecule has 0 aromatic heterocycles. The minimum absolute atomic E-state index is 0.129. The van der Waals surface area contributed by atoms with E-state index >= 15 is 0 Å². The third-order valence-electron chi connectivity index (χ3n) is 3.72. The molecule has 0 unspecified atom stereocenters. The number of hydrogen-bond acceptors (Lipinski definition) is 3. The number of hydrogen-bond donors (Lipinski definition) is 1. The molecule has 0 saturated heterocycles. The van der Waals surface area contributed by atoms with Crippen molar-refractivity contribution in [3.05, 3.63) is 65.2 Å². The Labute approximate surface area is 143 Å². The summed E-state index contributed by atoms with van der Waals surface area (Å²) in [6, 6.07) is 14.0. The quantitative estimate of drug-likeness (QED) is 0.828. The predicted octanol–water partition coefficient (Wildman–Crippen LogP) is 3.40. The van der Waals surface area contributed by atoms with Gasteiger partial charge < -0.3 is 15.0 Å². The number of aryl methyl sites for hydroxylation is 1. The maximum Gasteiger partial charge on any atom is 0.244 e. The molecule has 2 aromatic rings. The smallest absolute Gasteiger partial charge is 0.244 e. The SMILES string of the molecule is COc1ccc(C)cc1/C=C/C(=O)NCc1ccc(N(C)C)cc1. The molecule has 24 heavy (non-hydrogen) atoms. The maximum atomic E-state index is 12.0. The normalized spacial score (nSPS) is 10.7.